The minimum absolute atomic E-state index is 0.0748. The summed E-state index contributed by atoms with van der Waals surface area (Å²) in [5.74, 6) is 0.286. The number of hydrogen-bond acceptors (Lipinski definition) is 4. The fourth-order valence-corrected chi connectivity index (χ4v) is 3.28. The van der Waals surface area contributed by atoms with Gasteiger partial charge in [0.05, 0.1) is 23.4 Å². The van der Waals surface area contributed by atoms with Gasteiger partial charge in [-0.1, -0.05) is 12.1 Å². The Kier molecular flexibility index (Phi) is 3.76. The van der Waals surface area contributed by atoms with Crippen LogP contribution < -0.4 is 11.2 Å². The van der Waals surface area contributed by atoms with E-state index in [1.165, 1.54) is 4.57 Å². The first-order valence-electron chi connectivity index (χ1n) is 8.12. The Bertz CT molecular complexity index is 1030. The van der Waals surface area contributed by atoms with Crippen LogP contribution >= 0.6 is 0 Å². The van der Waals surface area contributed by atoms with Gasteiger partial charge < -0.3 is 9.32 Å². The average molecular weight is 339 g/mol. The summed E-state index contributed by atoms with van der Waals surface area (Å²) in [5.41, 5.74) is 0.598. The SMILES string of the molecule is O=C(Cn1c(=O)[nH]c(=O)c2ccccc21)N1CC(Cc2ccoc2)C1. The zero-order valence-corrected chi connectivity index (χ0v) is 13.5. The molecule has 1 aliphatic heterocycles. The monoisotopic (exact) mass is 339 g/mol. The number of hydrogen-bond donors (Lipinski definition) is 1. The summed E-state index contributed by atoms with van der Waals surface area (Å²) in [6, 6.07) is 8.71. The lowest BCUT2D eigenvalue weighted by Gasteiger charge is -2.39. The number of nitrogens with one attached hydrogen (secondary N) is 1. The van der Waals surface area contributed by atoms with Gasteiger partial charge in [-0.15, -0.1) is 0 Å². The maximum absolute atomic E-state index is 12.5. The van der Waals surface area contributed by atoms with Crippen molar-refractivity contribution in [3.8, 4) is 0 Å². The van der Waals surface area contributed by atoms with Crippen molar-refractivity contribution in [3.05, 3.63) is 69.3 Å². The molecule has 7 nitrogen and oxygen atoms in total. The minimum atomic E-state index is -0.562. The highest BCUT2D eigenvalue weighted by molar-refractivity contribution is 5.81. The normalized spacial score (nSPS) is 14.6. The van der Waals surface area contributed by atoms with Crippen LogP contribution in [0.25, 0.3) is 10.9 Å². The van der Waals surface area contributed by atoms with Gasteiger partial charge in [-0.3, -0.25) is 19.1 Å². The van der Waals surface area contributed by atoms with Crippen molar-refractivity contribution in [1.29, 1.82) is 0 Å². The molecule has 0 atom stereocenters. The molecule has 128 valence electrons. The van der Waals surface area contributed by atoms with E-state index in [0.717, 1.165) is 12.0 Å². The predicted octanol–water partition coefficient (Wildman–Crippen LogP) is 0.984. The highest BCUT2D eigenvalue weighted by Crippen LogP contribution is 2.21. The van der Waals surface area contributed by atoms with Crippen molar-refractivity contribution in [2.45, 2.75) is 13.0 Å². The lowest BCUT2D eigenvalue weighted by Crippen LogP contribution is -2.52. The highest BCUT2D eigenvalue weighted by Gasteiger charge is 2.31. The molecule has 7 heteroatoms. The average Bonchev–Trinajstić information content (AvgIpc) is 3.07. The first-order chi connectivity index (χ1) is 12.1. The van der Waals surface area contributed by atoms with Crippen LogP contribution in [0.5, 0.6) is 0 Å². The number of rotatable bonds is 4. The minimum Gasteiger partial charge on any atom is -0.472 e. The smallest absolute Gasteiger partial charge is 0.329 e. The molecule has 1 saturated heterocycles. The Labute approximate surface area is 142 Å². The Morgan fingerprint density at radius 3 is 2.76 bits per heavy atom. The van der Waals surface area contributed by atoms with Gasteiger partial charge in [-0.25, -0.2) is 4.79 Å². The van der Waals surface area contributed by atoms with Crippen molar-refractivity contribution in [1.82, 2.24) is 14.5 Å². The molecule has 3 aromatic rings. The standard InChI is InChI=1S/C18H17N3O4/c22-16(20-8-13(9-20)7-12-5-6-25-11-12)10-21-15-4-2-1-3-14(15)17(23)19-18(21)24/h1-6,11,13H,7-10H2,(H,19,23,24). The quantitative estimate of drug-likeness (QED) is 0.767. The van der Waals surface area contributed by atoms with Crippen LogP contribution in [0.4, 0.5) is 0 Å². The molecule has 0 aliphatic carbocycles. The largest absolute Gasteiger partial charge is 0.472 e. The summed E-state index contributed by atoms with van der Waals surface area (Å²) >= 11 is 0. The van der Waals surface area contributed by atoms with Crippen molar-refractivity contribution in [2.24, 2.45) is 5.92 Å². The number of aromatic amines is 1. The molecule has 1 N–H and O–H groups in total. The molecule has 4 rings (SSSR count). The van der Waals surface area contributed by atoms with E-state index in [4.69, 9.17) is 4.42 Å². The van der Waals surface area contributed by atoms with Gasteiger partial charge in [-0.2, -0.15) is 0 Å². The van der Waals surface area contributed by atoms with Gasteiger partial charge in [0, 0.05) is 13.1 Å². The number of para-hydroxylation sites is 1. The molecule has 0 bridgehead atoms. The summed E-state index contributed by atoms with van der Waals surface area (Å²) in [6.45, 7) is 1.26. The molecule has 25 heavy (non-hydrogen) atoms. The van der Waals surface area contributed by atoms with Crippen LogP contribution in [-0.4, -0.2) is 33.4 Å². The topological polar surface area (TPSA) is 88.3 Å². The zero-order valence-electron chi connectivity index (χ0n) is 13.5. The Balaban J connectivity index is 1.48. The maximum atomic E-state index is 12.5. The molecule has 0 spiro atoms. The number of H-pyrrole nitrogens is 1. The first kappa shape index (κ1) is 15.4. The Morgan fingerprint density at radius 1 is 1.20 bits per heavy atom. The fourth-order valence-electron chi connectivity index (χ4n) is 3.28. The van der Waals surface area contributed by atoms with Crippen LogP contribution in [0.1, 0.15) is 5.56 Å². The second-order valence-electron chi connectivity index (χ2n) is 6.36. The Hall–Kier alpha value is -3.09. The molecule has 1 aliphatic rings. The van der Waals surface area contributed by atoms with Crippen LogP contribution in [0.3, 0.4) is 0 Å². The summed E-state index contributed by atoms with van der Waals surface area (Å²) in [5, 5.41) is 0.399. The van der Waals surface area contributed by atoms with Gasteiger partial charge in [0.25, 0.3) is 5.56 Å². The van der Waals surface area contributed by atoms with Crippen LogP contribution in [-0.2, 0) is 17.8 Å². The summed E-state index contributed by atoms with van der Waals surface area (Å²) in [7, 11) is 0. The third-order valence-electron chi connectivity index (χ3n) is 4.61. The number of furan rings is 1. The fraction of sp³-hybridized carbons (Fsp3) is 0.278. The molecule has 0 unspecified atom stereocenters. The first-order valence-corrected chi connectivity index (χ1v) is 8.12. The van der Waals surface area contributed by atoms with E-state index in [1.54, 1.807) is 41.7 Å². The van der Waals surface area contributed by atoms with Crippen LogP contribution in [0.15, 0.2) is 56.9 Å². The van der Waals surface area contributed by atoms with Crippen LogP contribution in [0, 0.1) is 5.92 Å². The van der Waals surface area contributed by atoms with Crippen molar-refractivity contribution >= 4 is 16.8 Å². The highest BCUT2D eigenvalue weighted by atomic mass is 16.3. The molecule has 0 saturated carbocycles. The predicted molar refractivity (Wildman–Crippen MR) is 91.3 cm³/mol. The van der Waals surface area contributed by atoms with E-state index < -0.39 is 11.2 Å². The van der Waals surface area contributed by atoms with Gasteiger partial charge in [0.1, 0.15) is 6.54 Å². The van der Waals surface area contributed by atoms with E-state index in [9.17, 15) is 14.4 Å². The number of carbonyl (C=O) groups excluding carboxylic acids is 1. The number of fused-ring (bicyclic) bond motifs is 1. The molecule has 1 fully saturated rings. The maximum Gasteiger partial charge on any atom is 0.329 e. The van der Waals surface area contributed by atoms with Gasteiger partial charge >= 0.3 is 5.69 Å². The number of aromatic nitrogens is 2. The van der Waals surface area contributed by atoms with Gasteiger partial charge in [0.15, 0.2) is 0 Å². The molecular weight excluding hydrogens is 322 g/mol. The van der Waals surface area contributed by atoms with Gasteiger partial charge in [-0.05, 0) is 36.1 Å². The third kappa shape index (κ3) is 2.88. The van der Waals surface area contributed by atoms with E-state index in [-0.39, 0.29) is 12.5 Å². The van der Waals surface area contributed by atoms with E-state index in [2.05, 4.69) is 4.98 Å². The number of amides is 1. The third-order valence-corrected chi connectivity index (χ3v) is 4.61. The molecular formula is C18H17N3O4. The van der Waals surface area contributed by atoms with E-state index in [0.29, 0.717) is 29.9 Å². The molecule has 0 radical (unpaired) electrons. The van der Waals surface area contributed by atoms with E-state index in [1.807, 2.05) is 6.07 Å². The summed E-state index contributed by atoms with van der Waals surface area (Å²) in [4.78, 5) is 40.5. The number of likely N-dealkylation sites (tertiary alicyclic amines) is 1. The van der Waals surface area contributed by atoms with Gasteiger partial charge in [0.2, 0.25) is 5.91 Å². The van der Waals surface area contributed by atoms with Crippen molar-refractivity contribution < 1.29 is 9.21 Å². The number of nitrogens with zero attached hydrogens (tertiary/aromatic N) is 2. The summed E-state index contributed by atoms with van der Waals surface area (Å²) in [6.07, 6.45) is 4.24. The van der Waals surface area contributed by atoms with Crippen molar-refractivity contribution in [3.63, 3.8) is 0 Å². The molecule has 1 aromatic carbocycles. The molecule has 1 amide bonds. The van der Waals surface area contributed by atoms with Crippen LogP contribution in [0.2, 0.25) is 0 Å². The zero-order chi connectivity index (χ0) is 17.4. The lowest BCUT2D eigenvalue weighted by molar-refractivity contribution is -0.138. The Morgan fingerprint density at radius 2 is 2.00 bits per heavy atom. The number of carbonyl (C=O) groups is 1. The molecule has 2 aromatic heterocycles. The second-order valence-corrected chi connectivity index (χ2v) is 6.36. The lowest BCUT2D eigenvalue weighted by atomic mass is 9.93. The molecule has 3 heterocycles. The number of benzene rings is 1. The summed E-state index contributed by atoms with van der Waals surface area (Å²) < 4.78 is 6.38. The van der Waals surface area contributed by atoms with Crippen molar-refractivity contribution in [2.75, 3.05) is 13.1 Å². The van der Waals surface area contributed by atoms with E-state index >= 15 is 0 Å². The second kappa shape index (κ2) is 6.08.